The van der Waals surface area contributed by atoms with Crippen LogP contribution in [-0.2, 0) is 52.4 Å². The largest absolute Gasteiger partial charge is 0.379 e. The summed E-state index contributed by atoms with van der Waals surface area (Å²) in [7, 11) is 0. The second-order valence-electron chi connectivity index (χ2n) is 16.1. The molecule has 0 saturated carbocycles. The van der Waals surface area contributed by atoms with Crippen molar-refractivity contribution in [2.24, 2.45) is 21.4 Å². The van der Waals surface area contributed by atoms with E-state index in [4.69, 9.17) is 28.4 Å². The minimum atomic E-state index is -0.258. The molecule has 0 radical (unpaired) electrons. The third-order valence-corrected chi connectivity index (χ3v) is 10.4. The standard InChI is InChI=1S/C46H83N5O11.H2/c1-40(41(2)52)20-15-14-17-22-43(53)37-60-33-32-59-29-26-48-46(56)39-62-35-30-57-27-19-23-44(54)38-61-34-31-58-28-25-47-45(55)24-18-13-11-9-7-5-3-4-6-8-10-12-16-21-42-36-49-51-50-42;/h40H,3-39H2,1-2H3,(H,47,55)(H,48,56);1H/t40-;/m0./s1. The average molecular weight is 884 g/mol. The van der Waals surface area contributed by atoms with Crippen LogP contribution in [0.1, 0.15) is 157 Å². The zero-order chi connectivity index (χ0) is 45.0. The Labute approximate surface area is 374 Å². The molecule has 0 aromatic rings. The summed E-state index contributed by atoms with van der Waals surface area (Å²) in [6.45, 7) is 8.06. The van der Waals surface area contributed by atoms with Gasteiger partial charge >= 0.3 is 0 Å². The predicted octanol–water partition coefficient (Wildman–Crippen LogP) is 7.33. The van der Waals surface area contributed by atoms with E-state index in [1.54, 1.807) is 6.92 Å². The molecule has 1 rings (SSSR count). The van der Waals surface area contributed by atoms with Gasteiger partial charge in [-0.05, 0) is 50.7 Å². The molecule has 1 heterocycles. The van der Waals surface area contributed by atoms with Gasteiger partial charge < -0.3 is 39.1 Å². The predicted molar refractivity (Wildman–Crippen MR) is 242 cm³/mol. The van der Waals surface area contributed by atoms with Crippen molar-refractivity contribution in [2.75, 3.05) is 98.9 Å². The first-order chi connectivity index (χ1) is 30.3. The van der Waals surface area contributed by atoms with Crippen molar-refractivity contribution in [1.82, 2.24) is 10.6 Å². The Morgan fingerprint density at radius 3 is 1.52 bits per heavy atom. The maximum Gasteiger partial charge on any atom is 0.246 e. The summed E-state index contributed by atoms with van der Waals surface area (Å²) in [5.41, 5.74) is 1.13. The van der Waals surface area contributed by atoms with E-state index in [1.807, 2.05) is 6.92 Å². The van der Waals surface area contributed by atoms with Gasteiger partial charge in [-0.1, -0.05) is 90.4 Å². The van der Waals surface area contributed by atoms with Gasteiger partial charge in [0, 0.05) is 46.3 Å². The molecule has 16 nitrogen and oxygen atoms in total. The van der Waals surface area contributed by atoms with Gasteiger partial charge in [0.15, 0.2) is 11.6 Å². The van der Waals surface area contributed by atoms with E-state index in [-0.39, 0.29) is 62.9 Å². The van der Waals surface area contributed by atoms with Crippen LogP contribution >= 0.6 is 0 Å². The van der Waals surface area contributed by atoms with Crippen LogP contribution in [-0.4, -0.2) is 134 Å². The van der Waals surface area contributed by atoms with Crippen LogP contribution in [0.5, 0.6) is 0 Å². The highest BCUT2D eigenvalue weighted by Crippen LogP contribution is 2.15. The number of amides is 2. The highest BCUT2D eigenvalue weighted by molar-refractivity contribution is 5.87. The van der Waals surface area contributed by atoms with Gasteiger partial charge in [0.1, 0.15) is 32.1 Å². The maximum absolute atomic E-state index is 12.1. The molecule has 0 aromatic heterocycles. The SMILES string of the molecule is CC(=O)[C@@H](C)CCCCCC(=O)COCCOCCNC(=O)COCCOCCCC(=O)COCCOCCNC(=O)CCCCCCCCCCCCCCCC1=NN=NC1.[HH]. The van der Waals surface area contributed by atoms with E-state index in [0.29, 0.717) is 98.2 Å². The summed E-state index contributed by atoms with van der Waals surface area (Å²) in [5.74, 6) is 0.154. The van der Waals surface area contributed by atoms with Crippen molar-refractivity contribution >= 4 is 34.9 Å². The number of hydrogen-bond donors (Lipinski definition) is 2. The van der Waals surface area contributed by atoms with E-state index < -0.39 is 0 Å². The first kappa shape index (κ1) is 57.0. The van der Waals surface area contributed by atoms with Gasteiger partial charge in [-0.25, -0.2) is 0 Å². The number of carbonyl (C=O) groups excluding carboxylic acids is 5. The monoisotopic (exact) mass is 884 g/mol. The minimum absolute atomic E-state index is 0. The summed E-state index contributed by atoms with van der Waals surface area (Å²) >= 11 is 0. The summed E-state index contributed by atoms with van der Waals surface area (Å²) in [6.07, 6.45) is 22.7. The molecule has 0 aromatic carbocycles. The molecule has 16 heteroatoms. The first-order valence-electron chi connectivity index (χ1n) is 23.7. The molecule has 62 heavy (non-hydrogen) atoms. The number of nitrogens with one attached hydrogen (secondary N) is 2. The topological polar surface area (TPSA) is 202 Å². The molecular formula is C46H85N5O11. The Bertz CT molecular complexity index is 1230. The van der Waals surface area contributed by atoms with Crippen molar-refractivity contribution in [1.29, 1.82) is 0 Å². The molecular weight excluding hydrogens is 799 g/mol. The normalized spacial score (nSPS) is 12.7. The van der Waals surface area contributed by atoms with Crippen LogP contribution in [0.4, 0.5) is 0 Å². The highest BCUT2D eigenvalue weighted by atomic mass is 16.5. The molecule has 0 fully saturated rings. The molecule has 2 amide bonds. The molecule has 1 aliphatic rings. The molecule has 1 atom stereocenters. The van der Waals surface area contributed by atoms with Crippen molar-refractivity contribution < 1.29 is 53.8 Å². The third kappa shape index (κ3) is 39.8. The lowest BCUT2D eigenvalue weighted by atomic mass is 9.99. The lowest BCUT2D eigenvalue weighted by Gasteiger charge is -2.09. The molecule has 1 aliphatic heterocycles. The lowest BCUT2D eigenvalue weighted by Crippen LogP contribution is -2.31. The lowest BCUT2D eigenvalue weighted by molar-refractivity contribution is -0.127. The fraction of sp³-hybridized carbons (Fsp3) is 0.870. The quantitative estimate of drug-likeness (QED) is 0.0580. The summed E-state index contributed by atoms with van der Waals surface area (Å²) in [4.78, 5) is 59.1. The van der Waals surface area contributed by atoms with Crippen LogP contribution in [0.2, 0.25) is 0 Å². The van der Waals surface area contributed by atoms with Crippen LogP contribution in [0.25, 0.3) is 0 Å². The van der Waals surface area contributed by atoms with Gasteiger partial charge in [0.25, 0.3) is 0 Å². The number of carbonyl (C=O) groups is 5. The second kappa shape index (κ2) is 43.2. The molecule has 360 valence electrons. The first-order valence-corrected chi connectivity index (χ1v) is 23.7. The van der Waals surface area contributed by atoms with Crippen molar-refractivity contribution in [3.63, 3.8) is 0 Å². The second-order valence-corrected chi connectivity index (χ2v) is 16.1. The molecule has 0 spiro atoms. The Hall–Kier alpha value is -3.02. The van der Waals surface area contributed by atoms with E-state index in [1.165, 1.54) is 70.6 Å². The van der Waals surface area contributed by atoms with Gasteiger partial charge in [-0.3, -0.25) is 24.0 Å². The smallest absolute Gasteiger partial charge is 0.246 e. The Morgan fingerprint density at radius 1 is 0.516 bits per heavy atom. The van der Waals surface area contributed by atoms with E-state index >= 15 is 0 Å². The molecule has 0 unspecified atom stereocenters. The fourth-order valence-electron chi connectivity index (χ4n) is 6.46. The maximum atomic E-state index is 12.1. The number of hydrogen-bond acceptors (Lipinski definition) is 14. The summed E-state index contributed by atoms with van der Waals surface area (Å²) in [5, 5.41) is 17.2. The Kier molecular flexibility index (Phi) is 39.8. The van der Waals surface area contributed by atoms with Crippen molar-refractivity contribution in [3.05, 3.63) is 0 Å². The van der Waals surface area contributed by atoms with Gasteiger partial charge in [0.2, 0.25) is 11.8 Å². The fourth-order valence-corrected chi connectivity index (χ4v) is 6.46. The number of unbranched alkanes of at least 4 members (excludes halogenated alkanes) is 14. The van der Waals surface area contributed by atoms with Crippen LogP contribution in [0, 0.1) is 5.92 Å². The van der Waals surface area contributed by atoms with Crippen molar-refractivity contribution in [3.8, 4) is 0 Å². The van der Waals surface area contributed by atoms with E-state index in [9.17, 15) is 24.0 Å². The zero-order valence-electron chi connectivity index (χ0n) is 38.6. The average Bonchev–Trinajstić information content (AvgIpc) is 3.78. The van der Waals surface area contributed by atoms with Crippen LogP contribution in [0.15, 0.2) is 15.4 Å². The number of rotatable bonds is 48. The molecule has 0 bridgehead atoms. The number of ether oxygens (including phenoxy) is 6. The van der Waals surface area contributed by atoms with Crippen LogP contribution in [0.3, 0.4) is 0 Å². The zero-order valence-corrected chi connectivity index (χ0v) is 38.6. The number of nitrogens with zero attached hydrogens (tertiary/aromatic N) is 3. The van der Waals surface area contributed by atoms with E-state index in [2.05, 4.69) is 26.1 Å². The third-order valence-electron chi connectivity index (χ3n) is 10.4. The van der Waals surface area contributed by atoms with E-state index in [0.717, 1.165) is 50.7 Å². The molecule has 0 saturated heterocycles. The Balaban J connectivity index is 0.0000384. The minimum Gasteiger partial charge on any atom is -0.379 e. The van der Waals surface area contributed by atoms with Gasteiger partial charge in [-0.15, -0.1) is 5.10 Å². The van der Waals surface area contributed by atoms with Crippen molar-refractivity contribution in [2.45, 2.75) is 155 Å². The summed E-state index contributed by atoms with van der Waals surface area (Å²) in [6, 6.07) is 0. The number of ketones is 3. The Morgan fingerprint density at radius 2 is 0.968 bits per heavy atom. The number of Topliss-reactive ketones (excluding diaryl/α,β-unsaturated/α-hetero) is 3. The van der Waals surface area contributed by atoms with Gasteiger partial charge in [0.05, 0.1) is 58.6 Å². The van der Waals surface area contributed by atoms with Gasteiger partial charge in [-0.2, -0.15) is 5.11 Å². The molecule has 0 aliphatic carbocycles. The molecule has 2 N–H and O–H groups in total. The highest BCUT2D eigenvalue weighted by Gasteiger charge is 2.09. The van der Waals surface area contributed by atoms with Crippen LogP contribution < -0.4 is 10.6 Å². The summed E-state index contributed by atoms with van der Waals surface area (Å²) < 4.78 is 32.5.